The van der Waals surface area contributed by atoms with E-state index in [4.69, 9.17) is 0 Å². The van der Waals surface area contributed by atoms with Crippen molar-refractivity contribution in [3.8, 4) is 0 Å². The topological polar surface area (TPSA) is 71.4 Å². The Morgan fingerprint density at radius 2 is 1.80 bits per heavy atom. The Labute approximate surface area is 175 Å². The second-order valence-electron chi connectivity index (χ2n) is 8.26. The molecule has 0 saturated heterocycles. The van der Waals surface area contributed by atoms with Gasteiger partial charge in [-0.1, -0.05) is 25.1 Å². The minimum Gasteiger partial charge on any atom is -0.307 e. The van der Waals surface area contributed by atoms with Gasteiger partial charge in [-0.15, -0.1) is 0 Å². The number of halogens is 1. The van der Waals surface area contributed by atoms with Crippen molar-refractivity contribution in [1.82, 2.24) is 4.98 Å². The van der Waals surface area contributed by atoms with Crippen molar-refractivity contribution in [2.45, 2.75) is 39.5 Å². The molecule has 2 aliphatic rings. The van der Waals surface area contributed by atoms with Crippen molar-refractivity contribution >= 4 is 23.2 Å². The van der Waals surface area contributed by atoms with E-state index in [1.165, 1.54) is 12.1 Å². The van der Waals surface area contributed by atoms with Crippen LogP contribution in [0.5, 0.6) is 0 Å². The van der Waals surface area contributed by atoms with Crippen LogP contribution in [0.15, 0.2) is 58.9 Å². The number of Topliss-reactive ketones (excluding diaryl/α,β-unsaturated/α-hetero) is 1. The molecule has 1 aliphatic carbocycles. The Bertz CT molecular complexity index is 1050. The minimum atomic E-state index is -0.498. The van der Waals surface area contributed by atoms with Crippen molar-refractivity contribution in [2.24, 2.45) is 16.8 Å². The number of anilines is 1. The van der Waals surface area contributed by atoms with Crippen LogP contribution >= 0.6 is 0 Å². The highest BCUT2D eigenvalue weighted by molar-refractivity contribution is 6.14. The summed E-state index contributed by atoms with van der Waals surface area (Å²) in [5, 5.41) is 2.84. The maximum atomic E-state index is 13.6. The van der Waals surface area contributed by atoms with E-state index in [0.29, 0.717) is 23.5 Å². The summed E-state index contributed by atoms with van der Waals surface area (Å²) in [6, 6.07) is 9.63. The molecule has 0 unspecified atom stereocenters. The second-order valence-corrected chi connectivity index (χ2v) is 8.26. The molecule has 1 amide bonds. The first-order chi connectivity index (χ1) is 14.3. The van der Waals surface area contributed by atoms with Gasteiger partial charge in [-0.2, -0.15) is 0 Å². The lowest BCUT2D eigenvalue weighted by Gasteiger charge is -2.37. The summed E-state index contributed by atoms with van der Waals surface area (Å²) in [6.07, 6.45) is 2.85. The normalized spacial score (nSPS) is 23.7. The molecule has 1 aromatic heterocycles. The summed E-state index contributed by atoms with van der Waals surface area (Å²) in [4.78, 5) is 35.3. The summed E-state index contributed by atoms with van der Waals surface area (Å²) in [6.45, 7) is 5.75. The molecule has 1 fully saturated rings. The third kappa shape index (κ3) is 3.82. The number of rotatable bonds is 3. The summed E-state index contributed by atoms with van der Waals surface area (Å²) in [5.41, 5.74) is 3.55. The second kappa shape index (κ2) is 7.94. The zero-order valence-electron chi connectivity index (χ0n) is 17.3. The number of carbonyl (C=O) groups excluding carboxylic acids is 2. The van der Waals surface area contributed by atoms with Gasteiger partial charge in [0.2, 0.25) is 0 Å². The van der Waals surface area contributed by atoms with E-state index in [9.17, 15) is 14.0 Å². The highest BCUT2D eigenvalue weighted by atomic mass is 19.1. The Balaban J connectivity index is 1.78. The molecule has 1 N–H and O–H groups in total. The molecular weight excluding hydrogens is 381 g/mol. The van der Waals surface area contributed by atoms with Crippen LogP contribution in [0.2, 0.25) is 0 Å². The van der Waals surface area contributed by atoms with Gasteiger partial charge in [0.25, 0.3) is 5.91 Å². The quantitative estimate of drug-likeness (QED) is 0.812. The van der Waals surface area contributed by atoms with E-state index in [1.54, 1.807) is 31.3 Å². The van der Waals surface area contributed by atoms with Crippen molar-refractivity contribution in [3.63, 3.8) is 0 Å². The molecule has 2 heterocycles. The molecule has 2 aromatic rings. The van der Waals surface area contributed by atoms with E-state index >= 15 is 0 Å². The fourth-order valence-corrected chi connectivity index (χ4v) is 4.43. The van der Waals surface area contributed by atoms with Gasteiger partial charge in [0.15, 0.2) is 0 Å². The molecule has 30 heavy (non-hydrogen) atoms. The number of pyridine rings is 1. The third-order valence-electron chi connectivity index (χ3n) is 5.79. The van der Waals surface area contributed by atoms with Crippen LogP contribution in [-0.4, -0.2) is 22.4 Å². The molecular formula is C24H24FN3O2. The smallest absolute Gasteiger partial charge is 0.255 e. The number of amides is 1. The molecule has 1 aliphatic heterocycles. The molecule has 0 spiro atoms. The monoisotopic (exact) mass is 405 g/mol. The Hall–Kier alpha value is -3.15. The van der Waals surface area contributed by atoms with Crippen molar-refractivity contribution < 1.29 is 14.0 Å². The van der Waals surface area contributed by atoms with Gasteiger partial charge in [0.05, 0.1) is 5.92 Å². The summed E-state index contributed by atoms with van der Waals surface area (Å²) >= 11 is 0. The molecule has 4 rings (SSSR count). The number of aryl methyl sites for hydroxylation is 1. The number of hydrogen-bond acceptors (Lipinski definition) is 4. The zero-order chi connectivity index (χ0) is 21.4. The Kier molecular flexibility index (Phi) is 5.33. The number of carbonyl (C=O) groups is 2. The lowest BCUT2D eigenvalue weighted by atomic mass is 9.67. The summed E-state index contributed by atoms with van der Waals surface area (Å²) in [7, 11) is 0. The maximum absolute atomic E-state index is 13.6. The van der Waals surface area contributed by atoms with Crippen LogP contribution in [0.25, 0.3) is 0 Å². The van der Waals surface area contributed by atoms with Crippen LogP contribution in [-0.2, 0) is 9.59 Å². The number of benzene rings is 1. The van der Waals surface area contributed by atoms with Gasteiger partial charge in [0, 0.05) is 35.5 Å². The van der Waals surface area contributed by atoms with Gasteiger partial charge in [-0.3, -0.25) is 14.6 Å². The number of hydrogen-bond donors (Lipinski definition) is 1. The Morgan fingerprint density at radius 3 is 2.47 bits per heavy atom. The van der Waals surface area contributed by atoms with Crippen LogP contribution in [0, 0.1) is 24.6 Å². The summed E-state index contributed by atoms with van der Waals surface area (Å²) in [5.74, 6) is -0.961. The highest BCUT2D eigenvalue weighted by Gasteiger charge is 2.44. The number of ketones is 1. The minimum absolute atomic E-state index is 0.0769. The van der Waals surface area contributed by atoms with E-state index in [0.717, 1.165) is 23.3 Å². The average molecular weight is 405 g/mol. The number of aliphatic imine (C=N–C) groups is 1. The first kappa shape index (κ1) is 20.1. The van der Waals surface area contributed by atoms with Gasteiger partial charge >= 0.3 is 0 Å². The van der Waals surface area contributed by atoms with Gasteiger partial charge in [0.1, 0.15) is 17.4 Å². The first-order valence-corrected chi connectivity index (χ1v) is 10.1. The first-order valence-electron chi connectivity index (χ1n) is 10.1. The molecule has 3 atom stereocenters. The van der Waals surface area contributed by atoms with Crippen LogP contribution < -0.4 is 5.32 Å². The van der Waals surface area contributed by atoms with E-state index in [1.807, 2.05) is 19.9 Å². The predicted octanol–water partition coefficient (Wildman–Crippen LogP) is 4.60. The maximum Gasteiger partial charge on any atom is 0.255 e. The molecule has 1 saturated carbocycles. The fourth-order valence-electron chi connectivity index (χ4n) is 4.43. The predicted molar refractivity (Wildman–Crippen MR) is 114 cm³/mol. The molecule has 154 valence electrons. The van der Waals surface area contributed by atoms with E-state index in [2.05, 4.69) is 15.3 Å². The standard InChI is InChI=1S/C24H24FN3O2/c1-13-4-9-20(26-12-13)28-24(30)21-15(3)27-18-10-14(2)11-19(29)23(18)22(21)16-5-7-17(25)8-6-16/h4-9,12,14,22-23H,10-11H2,1-3H3,(H,26,28,30)/t14-,22-,23-/m1/s1. The van der Waals surface area contributed by atoms with Crippen LogP contribution in [0.4, 0.5) is 10.2 Å². The molecule has 6 heteroatoms. The van der Waals surface area contributed by atoms with Gasteiger partial charge in [-0.25, -0.2) is 9.37 Å². The molecule has 0 bridgehead atoms. The molecule has 1 aromatic carbocycles. The number of nitrogens with zero attached hydrogens (tertiary/aromatic N) is 2. The number of aromatic nitrogens is 1. The largest absolute Gasteiger partial charge is 0.307 e. The molecule has 0 radical (unpaired) electrons. The van der Waals surface area contributed by atoms with E-state index < -0.39 is 11.8 Å². The van der Waals surface area contributed by atoms with E-state index in [-0.39, 0.29) is 23.4 Å². The SMILES string of the molecule is CC1=C(C(=O)Nc2ccc(C)cn2)[C@@H](c2ccc(F)cc2)[C@H]2C(=O)C[C@H](C)CC2=N1. The third-order valence-corrected chi connectivity index (χ3v) is 5.79. The van der Waals surface area contributed by atoms with Crippen molar-refractivity contribution in [1.29, 1.82) is 0 Å². The van der Waals surface area contributed by atoms with Gasteiger partial charge in [-0.05, 0) is 55.5 Å². The van der Waals surface area contributed by atoms with Crippen molar-refractivity contribution in [3.05, 3.63) is 70.8 Å². The highest BCUT2D eigenvalue weighted by Crippen LogP contribution is 2.44. The average Bonchev–Trinajstić information content (AvgIpc) is 2.69. The van der Waals surface area contributed by atoms with Crippen molar-refractivity contribution in [2.75, 3.05) is 5.32 Å². The van der Waals surface area contributed by atoms with Crippen LogP contribution in [0.3, 0.4) is 0 Å². The summed E-state index contributed by atoms with van der Waals surface area (Å²) < 4.78 is 13.6. The number of fused-ring (bicyclic) bond motifs is 1. The van der Waals surface area contributed by atoms with Gasteiger partial charge < -0.3 is 5.32 Å². The zero-order valence-corrected chi connectivity index (χ0v) is 17.3. The Morgan fingerprint density at radius 1 is 1.07 bits per heavy atom. The number of allylic oxidation sites excluding steroid dienone is 1. The van der Waals surface area contributed by atoms with Crippen LogP contribution in [0.1, 0.15) is 43.7 Å². The number of nitrogens with one attached hydrogen (secondary N) is 1. The molecule has 5 nitrogen and oxygen atoms in total. The lowest BCUT2D eigenvalue weighted by molar-refractivity contribution is -0.123. The fraction of sp³-hybridized carbons (Fsp3) is 0.333. The lowest BCUT2D eigenvalue weighted by Crippen LogP contribution is -2.41.